The van der Waals surface area contributed by atoms with Gasteiger partial charge < -0.3 is 15.7 Å². The zero-order valence-corrected chi connectivity index (χ0v) is 11.1. The van der Waals surface area contributed by atoms with E-state index in [4.69, 9.17) is 10.8 Å². The molecule has 2 atom stereocenters. The van der Waals surface area contributed by atoms with Crippen molar-refractivity contribution in [3.63, 3.8) is 0 Å². The van der Waals surface area contributed by atoms with Crippen LogP contribution >= 0.6 is 0 Å². The lowest BCUT2D eigenvalue weighted by Gasteiger charge is -2.26. The van der Waals surface area contributed by atoms with E-state index in [9.17, 15) is 0 Å². The molecule has 0 bridgehead atoms. The molecular weight excluding hydrogens is 200 g/mol. The minimum Gasteiger partial charge on any atom is -0.394 e. The first-order valence-corrected chi connectivity index (χ1v) is 6.56. The van der Waals surface area contributed by atoms with Gasteiger partial charge in [0.1, 0.15) is 0 Å². The minimum absolute atomic E-state index is 0.0846. The third kappa shape index (κ3) is 4.81. The van der Waals surface area contributed by atoms with Crippen molar-refractivity contribution in [2.24, 2.45) is 11.7 Å². The van der Waals surface area contributed by atoms with Crippen molar-refractivity contribution in [3.05, 3.63) is 0 Å². The molecule has 3 heteroatoms. The second-order valence-electron chi connectivity index (χ2n) is 5.83. The zero-order chi connectivity index (χ0) is 12.2. The smallest absolute Gasteiger partial charge is 0.0608 e. The van der Waals surface area contributed by atoms with E-state index in [1.54, 1.807) is 0 Å². The van der Waals surface area contributed by atoms with Crippen LogP contribution in [0.1, 0.15) is 46.0 Å². The molecule has 1 aliphatic carbocycles. The summed E-state index contributed by atoms with van der Waals surface area (Å²) in [5.74, 6) is 0.946. The Labute approximate surface area is 100 Å². The van der Waals surface area contributed by atoms with Crippen molar-refractivity contribution in [2.75, 3.05) is 20.2 Å². The van der Waals surface area contributed by atoms with Gasteiger partial charge in [0.2, 0.25) is 0 Å². The number of hydrogen-bond acceptors (Lipinski definition) is 3. The van der Waals surface area contributed by atoms with Gasteiger partial charge in [-0.3, -0.25) is 0 Å². The number of hydrogen-bond donors (Lipinski definition) is 2. The second-order valence-corrected chi connectivity index (χ2v) is 5.83. The van der Waals surface area contributed by atoms with E-state index in [0.29, 0.717) is 0 Å². The summed E-state index contributed by atoms with van der Waals surface area (Å²) in [5, 5.41) is 9.04. The molecule has 1 rings (SSSR count). The average molecular weight is 228 g/mol. The quantitative estimate of drug-likeness (QED) is 0.620. The Kier molecular flexibility index (Phi) is 5.22. The van der Waals surface area contributed by atoms with E-state index in [1.807, 2.05) is 6.92 Å². The Morgan fingerprint density at radius 1 is 1.44 bits per heavy atom. The topological polar surface area (TPSA) is 49.5 Å². The molecule has 0 radical (unpaired) electrons. The summed E-state index contributed by atoms with van der Waals surface area (Å²) < 4.78 is 0. The van der Waals surface area contributed by atoms with Gasteiger partial charge in [-0.2, -0.15) is 0 Å². The van der Waals surface area contributed by atoms with E-state index in [0.717, 1.165) is 31.3 Å². The maximum Gasteiger partial charge on any atom is 0.0608 e. The highest BCUT2D eigenvalue weighted by molar-refractivity contribution is 4.84. The molecule has 0 aliphatic heterocycles. The molecule has 2 unspecified atom stereocenters. The van der Waals surface area contributed by atoms with Crippen molar-refractivity contribution in [1.82, 2.24) is 4.90 Å². The molecule has 16 heavy (non-hydrogen) atoms. The van der Waals surface area contributed by atoms with Gasteiger partial charge in [-0.05, 0) is 59.0 Å². The Bertz CT molecular complexity index is 202. The fourth-order valence-corrected chi connectivity index (χ4v) is 2.11. The Morgan fingerprint density at radius 3 is 2.56 bits per heavy atom. The van der Waals surface area contributed by atoms with Crippen LogP contribution in [0.15, 0.2) is 0 Å². The molecule has 0 amide bonds. The summed E-state index contributed by atoms with van der Waals surface area (Å²) in [6, 6.07) is 0.738. The molecular formula is C13H28N2O. The zero-order valence-electron chi connectivity index (χ0n) is 11.1. The second kappa shape index (κ2) is 5.99. The van der Waals surface area contributed by atoms with Gasteiger partial charge >= 0.3 is 0 Å². The summed E-state index contributed by atoms with van der Waals surface area (Å²) in [7, 11) is 2.22. The van der Waals surface area contributed by atoms with Gasteiger partial charge in [0.25, 0.3) is 0 Å². The number of aliphatic hydroxyl groups excluding tert-OH is 1. The van der Waals surface area contributed by atoms with Crippen molar-refractivity contribution >= 4 is 0 Å². The van der Waals surface area contributed by atoms with E-state index in [2.05, 4.69) is 18.9 Å². The van der Waals surface area contributed by atoms with Gasteiger partial charge in [-0.25, -0.2) is 0 Å². The Hall–Kier alpha value is -0.120. The highest BCUT2D eigenvalue weighted by Crippen LogP contribution is 2.34. The minimum atomic E-state index is -0.388. The SMILES string of the molecule is CC(C1CC1)N(C)CCCCC(C)(N)CO. The van der Waals surface area contributed by atoms with Crippen molar-refractivity contribution in [1.29, 1.82) is 0 Å². The molecule has 3 N–H and O–H groups in total. The number of unbranched alkanes of at least 4 members (excludes halogenated alkanes) is 1. The summed E-state index contributed by atoms with van der Waals surface area (Å²) in [5.41, 5.74) is 5.50. The molecule has 0 aromatic heterocycles. The fourth-order valence-electron chi connectivity index (χ4n) is 2.11. The van der Waals surface area contributed by atoms with Gasteiger partial charge in [-0.15, -0.1) is 0 Å². The Balaban J connectivity index is 2.06. The lowest BCUT2D eigenvalue weighted by atomic mass is 9.97. The molecule has 96 valence electrons. The van der Waals surface area contributed by atoms with Crippen LogP contribution in [0.2, 0.25) is 0 Å². The predicted octanol–water partition coefficient (Wildman–Crippen LogP) is 1.60. The lowest BCUT2D eigenvalue weighted by molar-refractivity contribution is 0.190. The predicted molar refractivity (Wildman–Crippen MR) is 68.3 cm³/mol. The molecule has 0 heterocycles. The van der Waals surface area contributed by atoms with Crippen LogP contribution in [0, 0.1) is 5.92 Å². The number of rotatable bonds is 8. The van der Waals surface area contributed by atoms with E-state index >= 15 is 0 Å². The number of aliphatic hydroxyl groups is 1. The van der Waals surface area contributed by atoms with E-state index in [1.165, 1.54) is 19.3 Å². The van der Waals surface area contributed by atoms with Crippen LogP contribution < -0.4 is 5.73 Å². The van der Waals surface area contributed by atoms with Gasteiger partial charge in [0.05, 0.1) is 6.61 Å². The normalized spacial score (nSPS) is 22.1. The van der Waals surface area contributed by atoms with Crippen molar-refractivity contribution in [3.8, 4) is 0 Å². The van der Waals surface area contributed by atoms with Crippen LogP contribution in [0.5, 0.6) is 0 Å². The molecule has 0 saturated heterocycles. The summed E-state index contributed by atoms with van der Waals surface area (Å²) in [6.45, 7) is 5.49. The van der Waals surface area contributed by atoms with Crippen LogP contribution in [0.4, 0.5) is 0 Å². The Morgan fingerprint density at radius 2 is 2.06 bits per heavy atom. The van der Waals surface area contributed by atoms with Crippen LogP contribution in [-0.4, -0.2) is 41.8 Å². The molecule has 0 aromatic rings. The molecule has 0 spiro atoms. The summed E-state index contributed by atoms with van der Waals surface area (Å²) >= 11 is 0. The van der Waals surface area contributed by atoms with E-state index < -0.39 is 0 Å². The molecule has 1 fully saturated rings. The lowest BCUT2D eigenvalue weighted by Crippen LogP contribution is -2.40. The van der Waals surface area contributed by atoms with Crippen LogP contribution in [-0.2, 0) is 0 Å². The monoisotopic (exact) mass is 228 g/mol. The van der Waals surface area contributed by atoms with Gasteiger partial charge in [-0.1, -0.05) is 6.42 Å². The van der Waals surface area contributed by atoms with Crippen molar-refractivity contribution < 1.29 is 5.11 Å². The molecule has 1 aliphatic rings. The van der Waals surface area contributed by atoms with Crippen LogP contribution in [0.3, 0.4) is 0 Å². The highest BCUT2D eigenvalue weighted by atomic mass is 16.3. The maximum absolute atomic E-state index is 9.04. The first kappa shape index (κ1) is 13.9. The van der Waals surface area contributed by atoms with Crippen molar-refractivity contribution in [2.45, 2.75) is 57.5 Å². The fraction of sp³-hybridized carbons (Fsp3) is 1.00. The molecule has 3 nitrogen and oxygen atoms in total. The maximum atomic E-state index is 9.04. The van der Waals surface area contributed by atoms with Gasteiger partial charge in [0, 0.05) is 11.6 Å². The standard InChI is InChI=1S/C13H28N2O/c1-11(12-6-7-12)15(3)9-5-4-8-13(2,14)10-16/h11-12,16H,4-10,14H2,1-3H3. The molecule has 0 aromatic carbocycles. The highest BCUT2D eigenvalue weighted by Gasteiger charge is 2.30. The summed E-state index contributed by atoms with van der Waals surface area (Å²) in [6.07, 6.45) is 6.03. The third-order valence-corrected chi connectivity index (χ3v) is 3.87. The number of nitrogens with zero attached hydrogens (tertiary/aromatic N) is 1. The number of nitrogens with two attached hydrogens (primary N) is 1. The van der Waals surface area contributed by atoms with E-state index in [-0.39, 0.29) is 12.1 Å². The van der Waals surface area contributed by atoms with Gasteiger partial charge in [0.15, 0.2) is 0 Å². The first-order chi connectivity index (χ1) is 7.46. The van der Waals surface area contributed by atoms with Crippen LogP contribution in [0.25, 0.3) is 0 Å². The third-order valence-electron chi connectivity index (χ3n) is 3.87. The first-order valence-electron chi connectivity index (χ1n) is 6.56. The average Bonchev–Trinajstić information content (AvgIpc) is 3.06. The largest absolute Gasteiger partial charge is 0.394 e. The molecule has 1 saturated carbocycles. The summed E-state index contributed by atoms with van der Waals surface area (Å²) in [4.78, 5) is 2.46.